The third-order valence-electron chi connectivity index (χ3n) is 5.77. The van der Waals surface area contributed by atoms with Gasteiger partial charge in [-0.25, -0.2) is 0 Å². The van der Waals surface area contributed by atoms with Crippen LogP contribution in [0.2, 0.25) is 5.02 Å². The summed E-state index contributed by atoms with van der Waals surface area (Å²) < 4.78 is 0. The third-order valence-corrected chi connectivity index (χ3v) is 7.19. The number of hydrogen-bond acceptors (Lipinski definition) is 3. The molecule has 0 saturated heterocycles. The van der Waals surface area contributed by atoms with E-state index in [9.17, 15) is 0 Å². The number of halogens is 1. The van der Waals surface area contributed by atoms with Crippen LogP contribution in [0.3, 0.4) is 0 Å². The lowest BCUT2D eigenvalue weighted by Crippen LogP contribution is -2.53. The van der Waals surface area contributed by atoms with Gasteiger partial charge in [-0.05, 0) is 73.1 Å². The number of thiophene rings is 1. The van der Waals surface area contributed by atoms with Crippen LogP contribution in [0.25, 0.3) is 0 Å². The molecule has 0 aliphatic heterocycles. The molecule has 4 aliphatic carbocycles. The van der Waals surface area contributed by atoms with Gasteiger partial charge in [0.2, 0.25) is 0 Å². The fourth-order valence-electron chi connectivity index (χ4n) is 5.57. The Labute approximate surface area is 123 Å². The van der Waals surface area contributed by atoms with E-state index in [0.717, 1.165) is 22.8 Å². The zero-order valence-electron chi connectivity index (χ0n) is 11.1. The molecule has 0 amide bonds. The molecule has 0 radical (unpaired) electrons. The van der Waals surface area contributed by atoms with E-state index in [0.29, 0.717) is 5.41 Å². The normalized spacial score (nSPS) is 41.7. The van der Waals surface area contributed by atoms with E-state index in [-0.39, 0.29) is 6.04 Å². The van der Waals surface area contributed by atoms with Crippen molar-refractivity contribution >= 4 is 22.9 Å². The first kappa shape index (κ1) is 12.6. The number of nitrogens with two attached hydrogens (primary N) is 1. The summed E-state index contributed by atoms with van der Waals surface area (Å²) in [5, 5.41) is 2.98. The zero-order chi connectivity index (χ0) is 13.0. The Balaban J connectivity index is 1.72. The van der Waals surface area contributed by atoms with Crippen LogP contribution in [-0.4, -0.2) is 0 Å². The van der Waals surface area contributed by atoms with E-state index >= 15 is 0 Å². The monoisotopic (exact) mass is 296 g/mol. The minimum absolute atomic E-state index is 0.258. The van der Waals surface area contributed by atoms with E-state index in [2.05, 4.69) is 10.8 Å². The van der Waals surface area contributed by atoms with Gasteiger partial charge in [0.15, 0.2) is 0 Å². The van der Waals surface area contributed by atoms with Crippen LogP contribution in [0.4, 0.5) is 0 Å². The molecule has 0 spiro atoms. The Morgan fingerprint density at radius 1 is 1.21 bits per heavy atom. The second-order valence-corrected chi connectivity index (χ2v) is 8.37. The molecule has 19 heavy (non-hydrogen) atoms. The Morgan fingerprint density at radius 3 is 2.21 bits per heavy atom. The van der Waals surface area contributed by atoms with E-state index in [1.165, 1.54) is 43.4 Å². The second kappa shape index (κ2) is 4.45. The number of rotatable bonds is 3. The number of hydrazine groups is 1. The van der Waals surface area contributed by atoms with Crippen molar-refractivity contribution < 1.29 is 0 Å². The van der Waals surface area contributed by atoms with Crippen molar-refractivity contribution in [2.45, 2.75) is 44.6 Å². The lowest BCUT2D eigenvalue weighted by molar-refractivity contribution is -0.0742. The van der Waals surface area contributed by atoms with Gasteiger partial charge in [0.1, 0.15) is 0 Å². The zero-order valence-corrected chi connectivity index (χ0v) is 12.6. The minimum atomic E-state index is 0.258. The number of nitrogens with one attached hydrogen (secondary N) is 1. The molecule has 4 saturated carbocycles. The Morgan fingerprint density at radius 2 is 1.79 bits per heavy atom. The fraction of sp³-hybridized carbons (Fsp3) is 0.733. The van der Waals surface area contributed by atoms with Crippen LogP contribution in [0.5, 0.6) is 0 Å². The maximum absolute atomic E-state index is 6.37. The molecule has 1 unspecified atom stereocenters. The maximum Gasteiger partial charge on any atom is 0.0624 e. The van der Waals surface area contributed by atoms with Crippen LogP contribution < -0.4 is 11.3 Å². The van der Waals surface area contributed by atoms with Crippen LogP contribution >= 0.6 is 22.9 Å². The molecule has 4 aliphatic rings. The van der Waals surface area contributed by atoms with Crippen molar-refractivity contribution in [3.05, 3.63) is 21.3 Å². The van der Waals surface area contributed by atoms with Crippen LogP contribution in [0.15, 0.2) is 11.4 Å². The molecular formula is C15H21ClN2S. The topological polar surface area (TPSA) is 38.0 Å². The summed E-state index contributed by atoms with van der Waals surface area (Å²) in [4.78, 5) is 1.26. The van der Waals surface area contributed by atoms with Crippen molar-refractivity contribution in [3.63, 3.8) is 0 Å². The minimum Gasteiger partial charge on any atom is -0.271 e. The van der Waals surface area contributed by atoms with Gasteiger partial charge in [-0.1, -0.05) is 11.6 Å². The molecule has 4 fully saturated rings. The molecule has 4 bridgehead atoms. The highest BCUT2D eigenvalue weighted by molar-refractivity contribution is 7.10. The van der Waals surface area contributed by atoms with Gasteiger partial charge in [0.05, 0.1) is 11.1 Å². The average molecular weight is 297 g/mol. The molecule has 2 nitrogen and oxygen atoms in total. The van der Waals surface area contributed by atoms with Gasteiger partial charge < -0.3 is 0 Å². The van der Waals surface area contributed by atoms with Crippen LogP contribution in [-0.2, 0) is 0 Å². The molecule has 0 aromatic carbocycles. The highest BCUT2D eigenvalue weighted by Crippen LogP contribution is 2.64. The molecule has 1 aromatic rings. The van der Waals surface area contributed by atoms with Gasteiger partial charge in [-0.15, -0.1) is 11.3 Å². The molecule has 4 heteroatoms. The lowest BCUT2D eigenvalue weighted by atomic mass is 9.47. The summed E-state index contributed by atoms with van der Waals surface area (Å²) >= 11 is 8.13. The molecule has 5 rings (SSSR count). The summed E-state index contributed by atoms with van der Waals surface area (Å²) in [6.45, 7) is 0. The van der Waals surface area contributed by atoms with Gasteiger partial charge in [-0.2, -0.15) is 0 Å². The molecule has 1 aromatic heterocycles. The summed E-state index contributed by atoms with van der Waals surface area (Å²) in [6.07, 6.45) is 8.45. The molecule has 1 heterocycles. The summed E-state index contributed by atoms with van der Waals surface area (Å²) in [5.41, 5.74) is 3.50. The SMILES string of the molecule is NNC(c1sccc1Cl)C12CC3CC(CC(C3)C1)C2. The lowest BCUT2D eigenvalue weighted by Gasteiger charge is -2.59. The Hall–Kier alpha value is -0.0900. The van der Waals surface area contributed by atoms with Crippen molar-refractivity contribution in [2.24, 2.45) is 29.0 Å². The van der Waals surface area contributed by atoms with Gasteiger partial charge in [-0.3, -0.25) is 11.3 Å². The van der Waals surface area contributed by atoms with Crippen LogP contribution in [0.1, 0.15) is 49.4 Å². The fourth-order valence-corrected chi connectivity index (χ4v) is 6.94. The molecular weight excluding hydrogens is 276 g/mol. The third kappa shape index (κ3) is 1.90. The Kier molecular flexibility index (Phi) is 2.96. The summed E-state index contributed by atoms with van der Waals surface area (Å²) in [5.74, 6) is 8.79. The molecule has 1 atom stereocenters. The highest BCUT2D eigenvalue weighted by atomic mass is 35.5. The quantitative estimate of drug-likeness (QED) is 0.650. The van der Waals surface area contributed by atoms with E-state index < -0.39 is 0 Å². The maximum atomic E-state index is 6.37. The standard InChI is InChI=1S/C15H21ClN2S/c16-12-1-2-19-13(12)14(18-17)15-6-9-3-10(7-15)5-11(4-9)8-15/h1-2,9-11,14,18H,3-8,17H2. The second-order valence-electron chi connectivity index (χ2n) is 7.01. The average Bonchev–Trinajstić information content (AvgIpc) is 2.74. The van der Waals surface area contributed by atoms with Crippen molar-refractivity contribution in [2.75, 3.05) is 0 Å². The van der Waals surface area contributed by atoms with Crippen molar-refractivity contribution in [1.82, 2.24) is 5.43 Å². The predicted octanol–water partition coefficient (Wildman–Crippen LogP) is 4.12. The highest BCUT2D eigenvalue weighted by Gasteiger charge is 2.54. The van der Waals surface area contributed by atoms with Crippen molar-refractivity contribution in [1.29, 1.82) is 0 Å². The molecule has 104 valence electrons. The van der Waals surface area contributed by atoms with Crippen LogP contribution in [0, 0.1) is 23.2 Å². The predicted molar refractivity (Wildman–Crippen MR) is 80.0 cm³/mol. The number of hydrogen-bond donors (Lipinski definition) is 2. The molecule has 3 N–H and O–H groups in total. The van der Waals surface area contributed by atoms with E-state index in [1.54, 1.807) is 11.3 Å². The van der Waals surface area contributed by atoms with Gasteiger partial charge in [0, 0.05) is 4.88 Å². The van der Waals surface area contributed by atoms with E-state index in [1.807, 2.05) is 6.07 Å². The Bertz CT molecular complexity index is 449. The van der Waals surface area contributed by atoms with Crippen molar-refractivity contribution in [3.8, 4) is 0 Å². The summed E-state index contributed by atoms with van der Waals surface area (Å²) in [6, 6.07) is 2.26. The first-order valence-corrected chi connectivity index (χ1v) is 8.65. The first-order valence-electron chi connectivity index (χ1n) is 7.39. The van der Waals surface area contributed by atoms with Gasteiger partial charge >= 0.3 is 0 Å². The smallest absolute Gasteiger partial charge is 0.0624 e. The first-order chi connectivity index (χ1) is 9.20. The summed E-state index contributed by atoms with van der Waals surface area (Å²) in [7, 11) is 0. The van der Waals surface area contributed by atoms with Gasteiger partial charge in [0.25, 0.3) is 0 Å². The van der Waals surface area contributed by atoms with E-state index in [4.69, 9.17) is 17.4 Å². The largest absolute Gasteiger partial charge is 0.271 e.